The van der Waals surface area contributed by atoms with E-state index in [1.165, 1.54) is 0 Å². The standard InChI is InChI=1S/C17H19N5O2/c1-20-8-9-22-15(17(20)24)10-13(19-22)16(23)21-7-3-5-14(21)12-4-2-6-18-11-12/h2,4,6,10-11,14H,3,5,7-9H2,1H3. The van der Waals surface area contributed by atoms with Crippen LogP contribution in [0.15, 0.2) is 30.6 Å². The van der Waals surface area contributed by atoms with Crippen LogP contribution in [-0.2, 0) is 6.54 Å². The fourth-order valence-corrected chi connectivity index (χ4v) is 3.48. The number of carbonyl (C=O) groups is 2. The SMILES string of the molecule is CN1CCn2nc(C(=O)N3CCCC3c3cccnc3)cc2C1=O. The van der Waals surface area contributed by atoms with Gasteiger partial charge in [-0.25, -0.2) is 0 Å². The summed E-state index contributed by atoms with van der Waals surface area (Å²) in [4.78, 5) is 32.8. The number of fused-ring (bicyclic) bond motifs is 1. The van der Waals surface area contributed by atoms with Crippen LogP contribution in [-0.4, -0.2) is 56.5 Å². The molecule has 1 atom stereocenters. The summed E-state index contributed by atoms with van der Waals surface area (Å²) in [5, 5.41) is 4.37. The molecule has 1 saturated heterocycles. The summed E-state index contributed by atoms with van der Waals surface area (Å²) in [5.74, 6) is -0.197. The molecule has 2 aliphatic heterocycles. The quantitative estimate of drug-likeness (QED) is 0.835. The largest absolute Gasteiger partial charge is 0.339 e. The van der Waals surface area contributed by atoms with Gasteiger partial charge in [0.2, 0.25) is 0 Å². The molecule has 0 spiro atoms. The zero-order valence-electron chi connectivity index (χ0n) is 13.6. The minimum atomic E-state index is -0.112. The summed E-state index contributed by atoms with van der Waals surface area (Å²) >= 11 is 0. The molecule has 1 unspecified atom stereocenters. The van der Waals surface area contributed by atoms with Gasteiger partial charge in [0.25, 0.3) is 11.8 Å². The first-order chi connectivity index (χ1) is 11.6. The van der Waals surface area contributed by atoms with E-state index in [2.05, 4.69) is 10.1 Å². The van der Waals surface area contributed by atoms with Gasteiger partial charge in [0.1, 0.15) is 5.69 Å². The van der Waals surface area contributed by atoms with Gasteiger partial charge in [0.05, 0.1) is 12.6 Å². The third-order valence-corrected chi connectivity index (χ3v) is 4.79. The van der Waals surface area contributed by atoms with Crippen LogP contribution in [0.1, 0.15) is 45.4 Å². The molecule has 0 N–H and O–H groups in total. The van der Waals surface area contributed by atoms with Crippen LogP contribution < -0.4 is 0 Å². The molecule has 1 fully saturated rings. The maximum atomic E-state index is 12.9. The number of likely N-dealkylation sites (N-methyl/N-ethyl adjacent to an activating group) is 1. The van der Waals surface area contributed by atoms with Crippen molar-refractivity contribution in [1.29, 1.82) is 0 Å². The van der Waals surface area contributed by atoms with Gasteiger partial charge in [0.15, 0.2) is 5.69 Å². The Morgan fingerprint density at radius 1 is 1.29 bits per heavy atom. The highest BCUT2D eigenvalue weighted by atomic mass is 16.2. The van der Waals surface area contributed by atoms with Gasteiger partial charge in [-0.15, -0.1) is 0 Å². The lowest BCUT2D eigenvalue weighted by atomic mass is 10.1. The summed E-state index contributed by atoms with van der Waals surface area (Å²) in [7, 11) is 1.76. The molecule has 0 radical (unpaired) electrons. The number of aromatic nitrogens is 3. The molecule has 2 amide bonds. The summed E-state index contributed by atoms with van der Waals surface area (Å²) in [6, 6.07) is 5.54. The molecule has 2 aromatic rings. The maximum absolute atomic E-state index is 12.9. The average molecular weight is 325 g/mol. The summed E-state index contributed by atoms with van der Waals surface area (Å²) < 4.78 is 1.64. The highest BCUT2D eigenvalue weighted by Gasteiger charge is 2.33. The molecule has 2 aliphatic rings. The van der Waals surface area contributed by atoms with E-state index in [9.17, 15) is 9.59 Å². The van der Waals surface area contributed by atoms with Crippen molar-refractivity contribution in [2.45, 2.75) is 25.4 Å². The van der Waals surface area contributed by atoms with E-state index in [-0.39, 0.29) is 17.9 Å². The lowest BCUT2D eigenvalue weighted by Crippen LogP contribution is -2.37. The molecule has 4 rings (SSSR count). The summed E-state index contributed by atoms with van der Waals surface area (Å²) in [6.07, 6.45) is 5.43. The fraction of sp³-hybridized carbons (Fsp3) is 0.412. The normalized spacial score (nSPS) is 20.4. The van der Waals surface area contributed by atoms with Crippen LogP contribution in [0.3, 0.4) is 0 Å². The maximum Gasteiger partial charge on any atom is 0.274 e. The minimum Gasteiger partial charge on any atom is -0.339 e. The number of nitrogens with zero attached hydrogens (tertiary/aromatic N) is 5. The van der Waals surface area contributed by atoms with Crippen molar-refractivity contribution in [3.05, 3.63) is 47.5 Å². The number of carbonyl (C=O) groups excluding carboxylic acids is 2. The van der Waals surface area contributed by atoms with Crippen LogP contribution in [0.5, 0.6) is 0 Å². The lowest BCUT2D eigenvalue weighted by Gasteiger charge is -2.24. The number of likely N-dealkylation sites (tertiary alicyclic amines) is 1. The minimum absolute atomic E-state index is 0.0308. The van der Waals surface area contributed by atoms with Crippen molar-refractivity contribution in [3.63, 3.8) is 0 Å². The highest BCUT2D eigenvalue weighted by molar-refractivity contribution is 5.98. The molecular formula is C17H19N5O2. The van der Waals surface area contributed by atoms with Crippen molar-refractivity contribution >= 4 is 11.8 Å². The third kappa shape index (κ3) is 2.36. The van der Waals surface area contributed by atoms with E-state index < -0.39 is 0 Å². The zero-order valence-corrected chi connectivity index (χ0v) is 13.6. The van der Waals surface area contributed by atoms with Gasteiger partial charge in [-0.1, -0.05) is 6.07 Å². The highest BCUT2D eigenvalue weighted by Crippen LogP contribution is 2.32. The Morgan fingerprint density at radius 3 is 2.96 bits per heavy atom. The topological polar surface area (TPSA) is 71.3 Å². The molecule has 0 aromatic carbocycles. The Balaban J connectivity index is 1.62. The second kappa shape index (κ2) is 5.74. The first kappa shape index (κ1) is 14.9. The van der Waals surface area contributed by atoms with Crippen molar-refractivity contribution in [2.24, 2.45) is 0 Å². The molecule has 124 valence electrons. The van der Waals surface area contributed by atoms with E-state index in [0.717, 1.165) is 18.4 Å². The Morgan fingerprint density at radius 2 is 2.17 bits per heavy atom. The van der Waals surface area contributed by atoms with Gasteiger partial charge < -0.3 is 9.80 Å². The predicted molar refractivity (Wildman–Crippen MR) is 86.4 cm³/mol. The van der Waals surface area contributed by atoms with E-state index in [4.69, 9.17) is 0 Å². The van der Waals surface area contributed by atoms with Crippen LogP contribution in [0.2, 0.25) is 0 Å². The van der Waals surface area contributed by atoms with Gasteiger partial charge in [-0.2, -0.15) is 5.10 Å². The van der Waals surface area contributed by atoms with E-state index in [0.29, 0.717) is 31.0 Å². The molecule has 0 saturated carbocycles. The van der Waals surface area contributed by atoms with Crippen molar-refractivity contribution in [3.8, 4) is 0 Å². The molecule has 7 nitrogen and oxygen atoms in total. The third-order valence-electron chi connectivity index (χ3n) is 4.79. The molecular weight excluding hydrogens is 306 g/mol. The van der Waals surface area contributed by atoms with Crippen molar-refractivity contribution in [1.82, 2.24) is 24.6 Å². The molecule has 4 heterocycles. The van der Waals surface area contributed by atoms with Crippen LogP contribution in [0.25, 0.3) is 0 Å². The van der Waals surface area contributed by atoms with Crippen molar-refractivity contribution < 1.29 is 9.59 Å². The monoisotopic (exact) mass is 325 g/mol. The number of amides is 2. The second-order valence-electron chi connectivity index (χ2n) is 6.31. The van der Waals surface area contributed by atoms with Crippen LogP contribution in [0, 0.1) is 0 Å². The van der Waals surface area contributed by atoms with E-state index in [1.54, 1.807) is 28.9 Å². The zero-order chi connectivity index (χ0) is 16.7. The average Bonchev–Trinajstić information content (AvgIpc) is 3.25. The number of pyridine rings is 1. The van der Waals surface area contributed by atoms with Crippen LogP contribution in [0.4, 0.5) is 0 Å². The second-order valence-corrected chi connectivity index (χ2v) is 6.31. The number of rotatable bonds is 2. The van der Waals surface area contributed by atoms with Gasteiger partial charge in [-0.05, 0) is 24.5 Å². The first-order valence-corrected chi connectivity index (χ1v) is 8.19. The predicted octanol–water partition coefficient (Wildman–Crippen LogP) is 1.34. The number of hydrogen-bond donors (Lipinski definition) is 0. The van der Waals surface area contributed by atoms with Gasteiger partial charge in [-0.3, -0.25) is 19.3 Å². The molecule has 0 aliphatic carbocycles. The molecule has 24 heavy (non-hydrogen) atoms. The summed E-state index contributed by atoms with van der Waals surface area (Å²) in [5.41, 5.74) is 1.89. The van der Waals surface area contributed by atoms with E-state index >= 15 is 0 Å². The van der Waals surface area contributed by atoms with Crippen molar-refractivity contribution in [2.75, 3.05) is 20.1 Å². The van der Waals surface area contributed by atoms with Gasteiger partial charge >= 0.3 is 0 Å². The number of hydrogen-bond acceptors (Lipinski definition) is 4. The molecule has 2 aromatic heterocycles. The first-order valence-electron chi connectivity index (χ1n) is 8.19. The lowest BCUT2D eigenvalue weighted by molar-refractivity contribution is 0.0720. The molecule has 0 bridgehead atoms. The Bertz CT molecular complexity index is 786. The Hall–Kier alpha value is -2.70. The molecule has 7 heteroatoms. The fourth-order valence-electron chi connectivity index (χ4n) is 3.48. The summed E-state index contributed by atoms with van der Waals surface area (Å²) in [6.45, 7) is 1.94. The smallest absolute Gasteiger partial charge is 0.274 e. The van der Waals surface area contributed by atoms with Crippen LogP contribution >= 0.6 is 0 Å². The van der Waals surface area contributed by atoms with E-state index in [1.807, 2.05) is 23.2 Å². The van der Waals surface area contributed by atoms with Gasteiger partial charge in [0, 0.05) is 38.6 Å². The Labute approximate surface area is 139 Å². The Kier molecular flexibility index (Phi) is 3.55.